The highest BCUT2D eigenvalue weighted by molar-refractivity contribution is 5.93. The van der Waals surface area contributed by atoms with Gasteiger partial charge in [0.05, 0.1) is 27.4 Å². The van der Waals surface area contributed by atoms with Crippen molar-refractivity contribution in [1.82, 2.24) is 0 Å². The van der Waals surface area contributed by atoms with E-state index in [4.69, 9.17) is 14.2 Å². The van der Waals surface area contributed by atoms with E-state index in [0.29, 0.717) is 30.4 Å². The molecule has 0 spiro atoms. The van der Waals surface area contributed by atoms with Gasteiger partial charge in [-0.25, -0.2) is 0 Å². The van der Waals surface area contributed by atoms with E-state index in [9.17, 15) is 4.79 Å². The summed E-state index contributed by atoms with van der Waals surface area (Å²) in [6.45, 7) is 5.09. The maximum atomic E-state index is 12.3. The minimum absolute atomic E-state index is 0.000815. The first-order valence-electron chi connectivity index (χ1n) is 7.11. The maximum absolute atomic E-state index is 12.3. The molecule has 2 rings (SSSR count). The molecule has 6 heteroatoms. The molecule has 1 heterocycles. The summed E-state index contributed by atoms with van der Waals surface area (Å²) in [5, 5.41) is 2.93. The van der Waals surface area contributed by atoms with Crippen molar-refractivity contribution in [3.63, 3.8) is 0 Å². The summed E-state index contributed by atoms with van der Waals surface area (Å²) in [5.41, 5.74) is 0.706. The highest BCUT2D eigenvalue weighted by atomic mass is 16.5. The van der Waals surface area contributed by atoms with Gasteiger partial charge in [0.2, 0.25) is 0 Å². The molecule has 1 aliphatic heterocycles. The number of rotatable bonds is 5. The maximum Gasteiger partial charge on any atom is 0.282 e. The van der Waals surface area contributed by atoms with Gasteiger partial charge in [0.15, 0.2) is 17.5 Å². The molecule has 0 unspecified atom stereocenters. The van der Waals surface area contributed by atoms with E-state index in [1.54, 1.807) is 32.4 Å². The predicted octanol–water partition coefficient (Wildman–Crippen LogP) is -0.0541. The van der Waals surface area contributed by atoms with Gasteiger partial charge in [-0.2, -0.15) is 0 Å². The smallest absolute Gasteiger partial charge is 0.282 e. The number of ether oxygens (including phenoxy) is 3. The number of anilines is 1. The number of benzene rings is 1. The lowest BCUT2D eigenvalue weighted by Crippen LogP contribution is -3.18. The second-order valence-corrected chi connectivity index (χ2v) is 5.05. The van der Waals surface area contributed by atoms with E-state index >= 15 is 0 Å². The molecular weight excluding hydrogens is 272 g/mol. The molecule has 6 nitrogen and oxygen atoms in total. The van der Waals surface area contributed by atoms with Crippen LogP contribution in [0.4, 0.5) is 5.69 Å². The Labute approximate surface area is 125 Å². The van der Waals surface area contributed by atoms with Crippen molar-refractivity contribution in [2.75, 3.05) is 45.8 Å². The number of nitrogens with one attached hydrogen (secondary N) is 2. The third kappa shape index (κ3) is 3.86. The lowest BCUT2D eigenvalue weighted by Gasteiger charge is -2.28. The van der Waals surface area contributed by atoms with Crippen molar-refractivity contribution in [1.29, 1.82) is 0 Å². The molecule has 1 saturated heterocycles. The zero-order valence-corrected chi connectivity index (χ0v) is 12.8. The fourth-order valence-electron chi connectivity index (χ4n) is 2.42. The number of amides is 1. The van der Waals surface area contributed by atoms with Gasteiger partial charge < -0.3 is 24.4 Å². The van der Waals surface area contributed by atoms with E-state index in [1.807, 2.05) is 6.92 Å². The van der Waals surface area contributed by atoms with Crippen molar-refractivity contribution in [2.24, 2.45) is 0 Å². The van der Waals surface area contributed by atoms with Gasteiger partial charge in [-0.3, -0.25) is 4.79 Å². The fourth-order valence-corrected chi connectivity index (χ4v) is 2.42. The van der Waals surface area contributed by atoms with Gasteiger partial charge in [0, 0.05) is 11.8 Å². The molecule has 2 N–H and O–H groups in total. The molecule has 1 amide bonds. The second kappa shape index (κ2) is 7.28. The van der Waals surface area contributed by atoms with E-state index in [1.165, 1.54) is 4.90 Å². The Hall–Kier alpha value is -1.79. The number of quaternary nitrogens is 1. The van der Waals surface area contributed by atoms with Crippen molar-refractivity contribution in [2.45, 2.75) is 13.0 Å². The van der Waals surface area contributed by atoms with Crippen LogP contribution >= 0.6 is 0 Å². The molecule has 0 aromatic heterocycles. The Bertz CT molecular complexity index is 487. The number of methoxy groups -OCH3 is 2. The van der Waals surface area contributed by atoms with Crippen LogP contribution in [-0.2, 0) is 9.53 Å². The van der Waals surface area contributed by atoms with Crippen molar-refractivity contribution >= 4 is 11.6 Å². The fraction of sp³-hybridized carbons (Fsp3) is 0.533. The molecule has 1 fully saturated rings. The third-order valence-electron chi connectivity index (χ3n) is 3.79. The molecule has 0 radical (unpaired) electrons. The van der Waals surface area contributed by atoms with Crippen LogP contribution in [0.2, 0.25) is 0 Å². The van der Waals surface area contributed by atoms with Crippen LogP contribution in [0.25, 0.3) is 0 Å². The Morgan fingerprint density at radius 3 is 2.52 bits per heavy atom. The summed E-state index contributed by atoms with van der Waals surface area (Å²) >= 11 is 0. The van der Waals surface area contributed by atoms with Gasteiger partial charge >= 0.3 is 0 Å². The van der Waals surface area contributed by atoms with Gasteiger partial charge in [-0.1, -0.05) is 0 Å². The molecule has 1 aromatic carbocycles. The Morgan fingerprint density at radius 2 is 1.90 bits per heavy atom. The monoisotopic (exact) mass is 295 g/mol. The van der Waals surface area contributed by atoms with Crippen molar-refractivity contribution in [3.05, 3.63) is 18.2 Å². The highest BCUT2D eigenvalue weighted by Crippen LogP contribution is 2.29. The normalized spacial score (nSPS) is 17.1. The average molecular weight is 295 g/mol. The standard InChI is InChI=1S/C15H22N2O4/c1-11(17-6-8-21-9-7-17)15(18)16-12-4-5-13(19-2)14(10-12)20-3/h4-5,10-11H,6-9H2,1-3H3,(H,16,18)/p+1/t11-/m0/s1. The van der Waals surface area contributed by atoms with Gasteiger partial charge in [-0.05, 0) is 19.1 Å². The molecule has 1 aliphatic rings. The molecular formula is C15H23N2O4+. The van der Waals surface area contributed by atoms with Crippen LogP contribution in [0, 0.1) is 0 Å². The van der Waals surface area contributed by atoms with Gasteiger partial charge in [-0.15, -0.1) is 0 Å². The largest absolute Gasteiger partial charge is 0.493 e. The van der Waals surface area contributed by atoms with Crippen LogP contribution in [0.3, 0.4) is 0 Å². The third-order valence-corrected chi connectivity index (χ3v) is 3.79. The topological polar surface area (TPSA) is 61.2 Å². The number of carbonyl (C=O) groups excluding carboxylic acids is 1. The van der Waals surface area contributed by atoms with Gasteiger partial charge in [0.1, 0.15) is 13.1 Å². The van der Waals surface area contributed by atoms with Crippen molar-refractivity contribution in [3.8, 4) is 11.5 Å². The van der Waals surface area contributed by atoms with Crippen LogP contribution in [0.1, 0.15) is 6.92 Å². The first-order valence-corrected chi connectivity index (χ1v) is 7.11. The first kappa shape index (κ1) is 15.6. The van der Waals surface area contributed by atoms with E-state index < -0.39 is 0 Å². The number of morpholine rings is 1. The molecule has 0 saturated carbocycles. The van der Waals surface area contributed by atoms with E-state index in [-0.39, 0.29) is 11.9 Å². The molecule has 0 aliphatic carbocycles. The summed E-state index contributed by atoms with van der Waals surface area (Å²) < 4.78 is 15.7. The SMILES string of the molecule is COc1ccc(NC(=O)[C@H](C)[NH+]2CCOCC2)cc1OC. The summed E-state index contributed by atoms with van der Waals surface area (Å²) in [7, 11) is 3.16. The zero-order chi connectivity index (χ0) is 15.2. The Kier molecular flexibility index (Phi) is 5.41. The predicted molar refractivity (Wildman–Crippen MR) is 79.2 cm³/mol. The lowest BCUT2D eigenvalue weighted by atomic mass is 10.2. The number of carbonyl (C=O) groups is 1. The van der Waals surface area contributed by atoms with E-state index in [2.05, 4.69) is 5.32 Å². The van der Waals surface area contributed by atoms with Crippen LogP contribution in [0.5, 0.6) is 11.5 Å². The van der Waals surface area contributed by atoms with Gasteiger partial charge in [0.25, 0.3) is 5.91 Å². The minimum Gasteiger partial charge on any atom is -0.493 e. The van der Waals surface area contributed by atoms with E-state index in [0.717, 1.165) is 13.1 Å². The molecule has 116 valence electrons. The summed E-state index contributed by atoms with van der Waals surface area (Å²) in [4.78, 5) is 13.6. The quantitative estimate of drug-likeness (QED) is 0.799. The number of hydrogen-bond donors (Lipinski definition) is 2. The highest BCUT2D eigenvalue weighted by Gasteiger charge is 2.27. The Balaban J connectivity index is 2.01. The first-order chi connectivity index (χ1) is 10.2. The van der Waals surface area contributed by atoms with Crippen molar-refractivity contribution < 1.29 is 23.9 Å². The van der Waals surface area contributed by atoms with Crippen LogP contribution in [0.15, 0.2) is 18.2 Å². The van der Waals surface area contributed by atoms with Crippen LogP contribution < -0.4 is 19.7 Å². The summed E-state index contributed by atoms with van der Waals surface area (Å²) in [6.07, 6.45) is 0. The molecule has 21 heavy (non-hydrogen) atoms. The molecule has 0 bridgehead atoms. The van der Waals surface area contributed by atoms with Crippen LogP contribution in [-0.4, -0.2) is 52.5 Å². The summed E-state index contributed by atoms with van der Waals surface area (Å²) in [5.74, 6) is 1.24. The summed E-state index contributed by atoms with van der Waals surface area (Å²) in [6, 6.07) is 5.24. The minimum atomic E-state index is -0.109. The Morgan fingerprint density at radius 1 is 1.24 bits per heavy atom. The second-order valence-electron chi connectivity index (χ2n) is 5.05. The average Bonchev–Trinajstić information content (AvgIpc) is 2.54. The lowest BCUT2D eigenvalue weighted by molar-refractivity contribution is -0.921. The zero-order valence-electron chi connectivity index (χ0n) is 12.8. The number of hydrogen-bond acceptors (Lipinski definition) is 4. The molecule has 1 atom stereocenters. The molecule has 1 aromatic rings.